The van der Waals surface area contributed by atoms with E-state index in [9.17, 15) is 4.79 Å². The van der Waals surface area contributed by atoms with E-state index in [1.54, 1.807) is 6.08 Å². The Morgan fingerprint density at radius 1 is 1.56 bits per heavy atom. The lowest BCUT2D eigenvalue weighted by Gasteiger charge is -2.38. The Balaban J connectivity index is 2.69. The summed E-state index contributed by atoms with van der Waals surface area (Å²) < 4.78 is 0. The van der Waals surface area contributed by atoms with Crippen molar-refractivity contribution in [2.75, 3.05) is 19.6 Å². The standard InChI is InChI=1S/C13H24N2O/c1-5-9-15(13(2,3)4)12(16)11-7-6-8-14-10-11/h5,11,14H,1,6-10H2,2-4H3/t11-/m1/s1. The van der Waals surface area contributed by atoms with Crippen LogP contribution >= 0.6 is 0 Å². The zero-order valence-electron chi connectivity index (χ0n) is 10.8. The van der Waals surface area contributed by atoms with Crippen LogP contribution in [-0.2, 0) is 4.79 Å². The van der Waals surface area contributed by atoms with Crippen molar-refractivity contribution in [2.24, 2.45) is 5.92 Å². The lowest BCUT2D eigenvalue weighted by atomic mass is 9.95. The third kappa shape index (κ3) is 3.34. The summed E-state index contributed by atoms with van der Waals surface area (Å²) in [6.45, 7) is 12.5. The van der Waals surface area contributed by atoms with E-state index in [1.165, 1.54) is 0 Å². The minimum absolute atomic E-state index is 0.122. The third-order valence-electron chi connectivity index (χ3n) is 3.03. The van der Waals surface area contributed by atoms with Gasteiger partial charge in [-0.25, -0.2) is 0 Å². The van der Waals surface area contributed by atoms with Crippen molar-refractivity contribution in [1.82, 2.24) is 10.2 Å². The Hall–Kier alpha value is -0.830. The van der Waals surface area contributed by atoms with Gasteiger partial charge in [-0.05, 0) is 40.2 Å². The van der Waals surface area contributed by atoms with Crippen LogP contribution in [0, 0.1) is 5.92 Å². The van der Waals surface area contributed by atoms with Gasteiger partial charge in [0.05, 0.1) is 5.92 Å². The van der Waals surface area contributed by atoms with Gasteiger partial charge in [-0.3, -0.25) is 4.79 Å². The molecule has 0 aromatic carbocycles. The van der Waals surface area contributed by atoms with Gasteiger partial charge in [0.2, 0.25) is 5.91 Å². The first kappa shape index (κ1) is 13.2. The molecule has 0 unspecified atom stereocenters. The number of rotatable bonds is 3. The Bertz CT molecular complexity index is 249. The molecule has 1 heterocycles. The van der Waals surface area contributed by atoms with E-state index in [0.717, 1.165) is 25.9 Å². The number of nitrogens with zero attached hydrogens (tertiary/aromatic N) is 1. The average molecular weight is 224 g/mol. The summed E-state index contributed by atoms with van der Waals surface area (Å²) in [4.78, 5) is 14.3. The lowest BCUT2D eigenvalue weighted by molar-refractivity contribution is -0.140. The number of hydrogen-bond acceptors (Lipinski definition) is 2. The average Bonchev–Trinajstić information content (AvgIpc) is 2.25. The van der Waals surface area contributed by atoms with E-state index in [-0.39, 0.29) is 17.4 Å². The molecule has 3 heteroatoms. The summed E-state index contributed by atoms with van der Waals surface area (Å²) >= 11 is 0. The zero-order chi connectivity index (χ0) is 12.2. The highest BCUT2D eigenvalue weighted by Gasteiger charge is 2.31. The normalized spacial score (nSPS) is 21.6. The molecule has 0 radical (unpaired) electrons. The van der Waals surface area contributed by atoms with Crippen molar-refractivity contribution in [1.29, 1.82) is 0 Å². The van der Waals surface area contributed by atoms with Crippen molar-refractivity contribution >= 4 is 5.91 Å². The van der Waals surface area contributed by atoms with Crippen molar-refractivity contribution in [2.45, 2.75) is 39.2 Å². The van der Waals surface area contributed by atoms with E-state index in [4.69, 9.17) is 0 Å². The molecule has 16 heavy (non-hydrogen) atoms. The van der Waals surface area contributed by atoms with Crippen LogP contribution < -0.4 is 5.32 Å². The van der Waals surface area contributed by atoms with E-state index in [0.29, 0.717) is 6.54 Å². The van der Waals surface area contributed by atoms with Gasteiger partial charge in [0.1, 0.15) is 0 Å². The molecule has 92 valence electrons. The maximum Gasteiger partial charge on any atom is 0.227 e. The molecule has 3 nitrogen and oxygen atoms in total. The van der Waals surface area contributed by atoms with Crippen molar-refractivity contribution in [3.8, 4) is 0 Å². The molecule has 1 atom stereocenters. The highest BCUT2D eigenvalue weighted by atomic mass is 16.2. The fourth-order valence-electron chi connectivity index (χ4n) is 2.11. The van der Waals surface area contributed by atoms with Crippen LogP contribution in [0.4, 0.5) is 0 Å². The zero-order valence-corrected chi connectivity index (χ0v) is 10.8. The predicted octanol–water partition coefficient (Wildman–Crippen LogP) is 1.80. The molecule has 0 saturated carbocycles. The van der Waals surface area contributed by atoms with Crippen LogP contribution in [0.25, 0.3) is 0 Å². The minimum Gasteiger partial charge on any atom is -0.334 e. The Kier molecular flexibility index (Phi) is 4.54. The Morgan fingerprint density at radius 2 is 2.25 bits per heavy atom. The number of amides is 1. The maximum absolute atomic E-state index is 12.4. The van der Waals surface area contributed by atoms with Gasteiger partial charge < -0.3 is 10.2 Å². The largest absolute Gasteiger partial charge is 0.334 e. The molecule has 1 N–H and O–H groups in total. The summed E-state index contributed by atoms with van der Waals surface area (Å²) in [6.07, 6.45) is 3.91. The van der Waals surface area contributed by atoms with Gasteiger partial charge in [-0.1, -0.05) is 6.08 Å². The summed E-state index contributed by atoms with van der Waals surface area (Å²) in [5.41, 5.74) is -0.122. The van der Waals surface area contributed by atoms with E-state index in [1.807, 2.05) is 4.90 Å². The van der Waals surface area contributed by atoms with E-state index < -0.39 is 0 Å². The molecule has 1 aliphatic heterocycles. The summed E-state index contributed by atoms with van der Waals surface area (Å²) in [5, 5.41) is 3.29. The molecule has 1 fully saturated rings. The predicted molar refractivity (Wildman–Crippen MR) is 67.3 cm³/mol. The van der Waals surface area contributed by atoms with Crippen LogP contribution in [0.2, 0.25) is 0 Å². The fraction of sp³-hybridized carbons (Fsp3) is 0.769. The van der Waals surface area contributed by atoms with Crippen LogP contribution in [0.1, 0.15) is 33.6 Å². The smallest absolute Gasteiger partial charge is 0.227 e. The van der Waals surface area contributed by atoms with Crippen molar-refractivity contribution in [3.05, 3.63) is 12.7 Å². The minimum atomic E-state index is -0.122. The fourth-order valence-corrected chi connectivity index (χ4v) is 2.11. The lowest BCUT2D eigenvalue weighted by Crippen LogP contribution is -2.51. The molecule has 0 aromatic heterocycles. The highest BCUT2D eigenvalue weighted by molar-refractivity contribution is 5.80. The highest BCUT2D eigenvalue weighted by Crippen LogP contribution is 2.20. The van der Waals surface area contributed by atoms with Gasteiger partial charge >= 0.3 is 0 Å². The number of carbonyl (C=O) groups excluding carboxylic acids is 1. The van der Waals surface area contributed by atoms with Crippen molar-refractivity contribution < 1.29 is 4.79 Å². The van der Waals surface area contributed by atoms with Gasteiger partial charge in [0.15, 0.2) is 0 Å². The van der Waals surface area contributed by atoms with Crippen LogP contribution in [0.3, 0.4) is 0 Å². The van der Waals surface area contributed by atoms with Crippen LogP contribution in [0.15, 0.2) is 12.7 Å². The quantitative estimate of drug-likeness (QED) is 0.741. The van der Waals surface area contributed by atoms with E-state index in [2.05, 4.69) is 32.7 Å². The SMILES string of the molecule is C=CCN(C(=O)[C@@H]1CCCNC1)C(C)(C)C. The number of hydrogen-bond donors (Lipinski definition) is 1. The van der Waals surface area contributed by atoms with Gasteiger partial charge in [0.25, 0.3) is 0 Å². The van der Waals surface area contributed by atoms with Crippen LogP contribution in [-0.4, -0.2) is 36.0 Å². The molecule has 0 aliphatic carbocycles. The first-order valence-electron chi connectivity index (χ1n) is 6.10. The molecular weight excluding hydrogens is 200 g/mol. The number of piperidine rings is 1. The Labute approximate surface area is 98.9 Å². The molecule has 0 spiro atoms. The first-order chi connectivity index (χ1) is 7.46. The second-order valence-electron chi connectivity index (χ2n) is 5.45. The molecule has 1 amide bonds. The first-order valence-corrected chi connectivity index (χ1v) is 6.10. The second-order valence-corrected chi connectivity index (χ2v) is 5.45. The topological polar surface area (TPSA) is 32.3 Å². The van der Waals surface area contributed by atoms with Crippen LogP contribution in [0.5, 0.6) is 0 Å². The number of nitrogens with one attached hydrogen (secondary N) is 1. The summed E-state index contributed by atoms with van der Waals surface area (Å²) in [5.74, 6) is 0.410. The van der Waals surface area contributed by atoms with E-state index >= 15 is 0 Å². The molecule has 0 bridgehead atoms. The number of carbonyl (C=O) groups is 1. The summed E-state index contributed by atoms with van der Waals surface area (Å²) in [6, 6.07) is 0. The Morgan fingerprint density at radius 3 is 2.69 bits per heavy atom. The maximum atomic E-state index is 12.4. The second kappa shape index (κ2) is 5.48. The summed E-state index contributed by atoms with van der Waals surface area (Å²) in [7, 11) is 0. The molecule has 1 saturated heterocycles. The monoisotopic (exact) mass is 224 g/mol. The van der Waals surface area contributed by atoms with Gasteiger partial charge in [0, 0.05) is 18.6 Å². The molecule has 0 aromatic rings. The van der Waals surface area contributed by atoms with Gasteiger partial charge in [-0.2, -0.15) is 0 Å². The molecule has 1 rings (SSSR count). The molecular formula is C13H24N2O. The van der Waals surface area contributed by atoms with Crippen molar-refractivity contribution in [3.63, 3.8) is 0 Å². The molecule has 1 aliphatic rings. The van der Waals surface area contributed by atoms with Gasteiger partial charge in [-0.15, -0.1) is 6.58 Å². The third-order valence-corrected chi connectivity index (χ3v) is 3.03.